The Kier molecular flexibility index (Phi) is 6.14. The lowest BCUT2D eigenvalue weighted by Gasteiger charge is -2.32. The van der Waals surface area contributed by atoms with Crippen LogP contribution in [0.5, 0.6) is 0 Å². The minimum Gasteiger partial charge on any atom is -0.379 e. The van der Waals surface area contributed by atoms with E-state index in [1.807, 2.05) is 25.1 Å². The van der Waals surface area contributed by atoms with Gasteiger partial charge in [-0.25, -0.2) is 0 Å². The summed E-state index contributed by atoms with van der Waals surface area (Å²) < 4.78 is 13.0. The highest BCUT2D eigenvalue weighted by Gasteiger charge is 2.28. The maximum atomic E-state index is 12.5. The molecular weight excluding hydrogens is 334 g/mol. The minimum absolute atomic E-state index is 0.161. The second-order valence-corrected chi connectivity index (χ2v) is 6.15. The van der Waals surface area contributed by atoms with Crippen LogP contribution >= 0.6 is 0 Å². The quantitative estimate of drug-likeness (QED) is 0.844. The van der Waals surface area contributed by atoms with Gasteiger partial charge >= 0.3 is 0 Å². The molecule has 138 valence electrons. The summed E-state index contributed by atoms with van der Waals surface area (Å²) in [7, 11) is 0. The Balaban J connectivity index is 1.63. The molecule has 1 aliphatic rings. The van der Waals surface area contributed by atoms with Gasteiger partial charge in [-0.05, 0) is 31.5 Å². The fourth-order valence-electron chi connectivity index (χ4n) is 2.89. The van der Waals surface area contributed by atoms with Crippen molar-refractivity contribution in [3.8, 4) is 0 Å². The highest BCUT2D eigenvalue weighted by molar-refractivity contribution is 5.94. The van der Waals surface area contributed by atoms with Gasteiger partial charge in [0.1, 0.15) is 0 Å². The van der Waals surface area contributed by atoms with Crippen LogP contribution in [0.25, 0.3) is 0 Å². The molecule has 0 saturated carbocycles. The number of carbonyl (C=O) groups is 1. The van der Waals surface area contributed by atoms with Crippen molar-refractivity contribution in [2.24, 2.45) is 0 Å². The molecule has 3 heterocycles. The number of ether oxygens (including phenoxy) is 2. The van der Waals surface area contributed by atoms with E-state index in [1.54, 1.807) is 23.0 Å². The van der Waals surface area contributed by atoms with Gasteiger partial charge in [0.15, 0.2) is 0 Å². The van der Waals surface area contributed by atoms with Crippen LogP contribution < -0.4 is 10.9 Å². The van der Waals surface area contributed by atoms with Crippen molar-refractivity contribution in [2.45, 2.75) is 38.6 Å². The molecule has 1 fully saturated rings. The van der Waals surface area contributed by atoms with Gasteiger partial charge in [0, 0.05) is 37.2 Å². The molecule has 0 aromatic carbocycles. The lowest BCUT2D eigenvalue weighted by Crippen LogP contribution is -2.50. The molecule has 2 aromatic rings. The highest BCUT2D eigenvalue weighted by atomic mass is 16.5. The van der Waals surface area contributed by atoms with Gasteiger partial charge in [0.2, 0.25) is 0 Å². The SMILES string of the molecule is CCn1ccc(C(=O)N[C@@H]2COCC[C@H]2OCc2ccccn2)cc1=O. The van der Waals surface area contributed by atoms with Crippen LogP contribution in [-0.2, 0) is 22.6 Å². The average Bonchev–Trinajstić information content (AvgIpc) is 2.68. The van der Waals surface area contributed by atoms with E-state index in [0.717, 1.165) is 5.69 Å². The number of aromatic nitrogens is 2. The monoisotopic (exact) mass is 357 g/mol. The zero-order valence-corrected chi connectivity index (χ0v) is 14.8. The molecule has 7 heteroatoms. The van der Waals surface area contributed by atoms with Gasteiger partial charge in [-0.2, -0.15) is 0 Å². The third-order valence-electron chi connectivity index (χ3n) is 4.38. The molecule has 1 aliphatic heterocycles. The molecule has 2 aromatic heterocycles. The van der Waals surface area contributed by atoms with Crippen molar-refractivity contribution in [1.29, 1.82) is 0 Å². The number of pyridine rings is 2. The van der Waals surface area contributed by atoms with Crippen LogP contribution in [0.4, 0.5) is 0 Å². The Morgan fingerprint density at radius 1 is 1.42 bits per heavy atom. The van der Waals surface area contributed by atoms with E-state index in [2.05, 4.69) is 10.3 Å². The number of aryl methyl sites for hydroxylation is 1. The Hall–Kier alpha value is -2.51. The van der Waals surface area contributed by atoms with Gasteiger partial charge in [-0.1, -0.05) is 6.07 Å². The first-order chi connectivity index (χ1) is 12.7. The van der Waals surface area contributed by atoms with Crippen LogP contribution in [0.15, 0.2) is 47.5 Å². The van der Waals surface area contributed by atoms with Crippen LogP contribution in [0.2, 0.25) is 0 Å². The lowest BCUT2D eigenvalue weighted by atomic mass is 10.1. The van der Waals surface area contributed by atoms with E-state index in [9.17, 15) is 9.59 Å². The smallest absolute Gasteiger partial charge is 0.251 e. The number of rotatable bonds is 6. The first kappa shape index (κ1) is 18.3. The standard InChI is InChI=1S/C19H23N3O4/c1-2-22-9-6-14(11-18(22)23)19(24)21-16-13-25-10-7-17(16)26-12-15-5-3-4-8-20-15/h3-6,8-9,11,16-17H,2,7,10,12-13H2,1H3,(H,21,24)/t16-,17-/m1/s1. The maximum Gasteiger partial charge on any atom is 0.251 e. The molecule has 2 atom stereocenters. The van der Waals surface area contributed by atoms with Crippen LogP contribution in [0, 0.1) is 0 Å². The van der Waals surface area contributed by atoms with Crippen molar-refractivity contribution in [3.05, 3.63) is 64.3 Å². The van der Waals surface area contributed by atoms with Crippen molar-refractivity contribution in [3.63, 3.8) is 0 Å². The van der Waals surface area contributed by atoms with Crippen molar-refractivity contribution in [1.82, 2.24) is 14.9 Å². The van der Waals surface area contributed by atoms with Gasteiger partial charge in [-0.15, -0.1) is 0 Å². The third kappa shape index (κ3) is 4.56. The average molecular weight is 357 g/mol. The summed E-state index contributed by atoms with van der Waals surface area (Å²) in [6, 6.07) is 8.39. The molecule has 0 unspecified atom stereocenters. The molecule has 1 amide bonds. The number of nitrogens with zero attached hydrogens (tertiary/aromatic N) is 2. The molecule has 7 nitrogen and oxygen atoms in total. The van der Waals surface area contributed by atoms with Gasteiger partial charge in [-0.3, -0.25) is 14.6 Å². The molecule has 26 heavy (non-hydrogen) atoms. The largest absolute Gasteiger partial charge is 0.379 e. The predicted molar refractivity (Wildman–Crippen MR) is 95.9 cm³/mol. The molecule has 0 aliphatic carbocycles. The first-order valence-electron chi connectivity index (χ1n) is 8.78. The molecule has 1 saturated heterocycles. The van der Waals surface area contributed by atoms with Gasteiger partial charge in [0.25, 0.3) is 11.5 Å². The van der Waals surface area contributed by atoms with E-state index >= 15 is 0 Å². The molecule has 3 rings (SSSR count). The Morgan fingerprint density at radius 2 is 2.31 bits per heavy atom. The molecule has 0 bridgehead atoms. The zero-order chi connectivity index (χ0) is 18.4. The van der Waals surface area contributed by atoms with Crippen molar-refractivity contribution < 1.29 is 14.3 Å². The summed E-state index contributed by atoms with van der Waals surface area (Å²) in [5.41, 5.74) is 0.990. The number of amides is 1. The summed E-state index contributed by atoms with van der Waals surface area (Å²) in [6.45, 7) is 3.80. The molecule has 0 spiro atoms. The number of hydrogen-bond donors (Lipinski definition) is 1. The third-order valence-corrected chi connectivity index (χ3v) is 4.38. The normalized spacial score (nSPS) is 19.9. The van der Waals surface area contributed by atoms with Gasteiger partial charge in [0.05, 0.1) is 31.1 Å². The highest BCUT2D eigenvalue weighted by Crippen LogP contribution is 2.14. The fraction of sp³-hybridized carbons (Fsp3) is 0.421. The summed E-state index contributed by atoms with van der Waals surface area (Å²) in [5.74, 6) is -0.299. The Bertz CT molecular complexity index is 791. The van der Waals surface area contributed by atoms with E-state index in [1.165, 1.54) is 6.07 Å². The zero-order valence-electron chi connectivity index (χ0n) is 14.8. The summed E-state index contributed by atoms with van der Waals surface area (Å²) in [5, 5.41) is 2.93. The number of hydrogen-bond acceptors (Lipinski definition) is 5. The van der Waals surface area contributed by atoms with E-state index in [4.69, 9.17) is 9.47 Å². The first-order valence-corrected chi connectivity index (χ1v) is 8.78. The maximum absolute atomic E-state index is 12.5. The summed E-state index contributed by atoms with van der Waals surface area (Å²) in [6.07, 6.45) is 3.88. The van der Waals surface area contributed by atoms with Crippen LogP contribution in [0.3, 0.4) is 0 Å². The van der Waals surface area contributed by atoms with E-state index in [-0.39, 0.29) is 23.6 Å². The minimum atomic E-state index is -0.299. The Labute approximate surface area is 152 Å². The molecular formula is C19H23N3O4. The second-order valence-electron chi connectivity index (χ2n) is 6.15. The summed E-state index contributed by atoms with van der Waals surface area (Å²) in [4.78, 5) is 28.7. The fourth-order valence-corrected chi connectivity index (χ4v) is 2.89. The van der Waals surface area contributed by atoms with E-state index in [0.29, 0.717) is 38.3 Å². The summed E-state index contributed by atoms with van der Waals surface area (Å²) >= 11 is 0. The topological polar surface area (TPSA) is 82.5 Å². The Morgan fingerprint density at radius 3 is 3.04 bits per heavy atom. The lowest BCUT2D eigenvalue weighted by molar-refractivity contribution is -0.0612. The van der Waals surface area contributed by atoms with Crippen molar-refractivity contribution >= 4 is 5.91 Å². The van der Waals surface area contributed by atoms with Gasteiger partial charge < -0.3 is 19.4 Å². The van der Waals surface area contributed by atoms with Crippen molar-refractivity contribution in [2.75, 3.05) is 13.2 Å². The van der Waals surface area contributed by atoms with E-state index < -0.39 is 0 Å². The molecule has 0 radical (unpaired) electrons. The molecule has 1 N–H and O–H groups in total. The second kappa shape index (κ2) is 8.73. The van der Waals surface area contributed by atoms with Crippen LogP contribution in [-0.4, -0.2) is 40.8 Å². The number of carbonyl (C=O) groups excluding carboxylic acids is 1. The number of nitrogens with one attached hydrogen (secondary N) is 1. The predicted octanol–water partition coefficient (Wildman–Crippen LogP) is 1.37. The van der Waals surface area contributed by atoms with Crippen LogP contribution in [0.1, 0.15) is 29.4 Å².